The van der Waals surface area contributed by atoms with Crippen LogP contribution in [0.3, 0.4) is 0 Å². The highest BCUT2D eigenvalue weighted by Gasteiger charge is 2.34. The van der Waals surface area contributed by atoms with Crippen LogP contribution in [0.15, 0.2) is 21.4 Å². The largest absolute Gasteiger partial charge is 0.297 e. The Labute approximate surface area is 169 Å². The second-order valence-corrected chi connectivity index (χ2v) is 7.93. The molecule has 2 aliphatic heterocycles. The molecule has 6 heteroatoms. The molecule has 0 fully saturated rings. The van der Waals surface area contributed by atoms with E-state index in [0.29, 0.717) is 24.9 Å². The standard InChI is InChI=1S/C22H36N4O2/c1-5-9-11-17(7-3)13-25-15-23-19(21(25)27)20-22(28)26(16-24-20)14-18(8-4)12-10-6-2/h15-18H,5-14H2,1-4H3/b20-19-. The van der Waals surface area contributed by atoms with Gasteiger partial charge in [0.25, 0.3) is 11.8 Å². The lowest BCUT2D eigenvalue weighted by atomic mass is 9.98. The third kappa shape index (κ3) is 5.52. The van der Waals surface area contributed by atoms with E-state index in [1.165, 1.54) is 12.8 Å². The molecule has 0 aromatic carbocycles. The third-order valence-electron chi connectivity index (χ3n) is 5.80. The van der Waals surface area contributed by atoms with Gasteiger partial charge < -0.3 is 0 Å². The summed E-state index contributed by atoms with van der Waals surface area (Å²) in [7, 11) is 0. The van der Waals surface area contributed by atoms with Crippen LogP contribution in [0.2, 0.25) is 0 Å². The zero-order chi connectivity index (χ0) is 20.5. The van der Waals surface area contributed by atoms with Gasteiger partial charge in [-0.15, -0.1) is 0 Å². The van der Waals surface area contributed by atoms with Crippen molar-refractivity contribution in [3.8, 4) is 0 Å². The average molecular weight is 389 g/mol. The minimum absolute atomic E-state index is 0.190. The first-order valence-electron chi connectivity index (χ1n) is 11.0. The van der Waals surface area contributed by atoms with Crippen LogP contribution in [0.25, 0.3) is 0 Å². The van der Waals surface area contributed by atoms with Crippen LogP contribution in [0.1, 0.15) is 79.1 Å². The highest BCUT2D eigenvalue weighted by molar-refractivity contribution is 6.14. The van der Waals surface area contributed by atoms with Crippen molar-refractivity contribution in [1.82, 2.24) is 9.80 Å². The summed E-state index contributed by atoms with van der Waals surface area (Å²) < 4.78 is 0. The molecule has 2 unspecified atom stereocenters. The van der Waals surface area contributed by atoms with Crippen LogP contribution in [-0.4, -0.2) is 47.4 Å². The number of carbonyl (C=O) groups excluding carboxylic acids is 2. The van der Waals surface area contributed by atoms with Crippen LogP contribution in [-0.2, 0) is 9.59 Å². The highest BCUT2D eigenvalue weighted by atomic mass is 16.2. The molecule has 0 aromatic rings. The van der Waals surface area contributed by atoms with Gasteiger partial charge in [-0.05, 0) is 24.7 Å². The van der Waals surface area contributed by atoms with Gasteiger partial charge in [-0.25, -0.2) is 9.98 Å². The third-order valence-corrected chi connectivity index (χ3v) is 5.80. The predicted molar refractivity (Wildman–Crippen MR) is 114 cm³/mol. The zero-order valence-electron chi connectivity index (χ0n) is 18.0. The van der Waals surface area contributed by atoms with E-state index in [-0.39, 0.29) is 23.2 Å². The Morgan fingerprint density at radius 1 is 0.750 bits per heavy atom. The number of nitrogens with zero attached hydrogens (tertiary/aromatic N) is 4. The van der Waals surface area contributed by atoms with E-state index in [1.807, 2.05) is 0 Å². The normalized spacial score (nSPS) is 21.3. The van der Waals surface area contributed by atoms with Crippen molar-refractivity contribution >= 4 is 24.5 Å². The highest BCUT2D eigenvalue weighted by Crippen LogP contribution is 2.24. The Morgan fingerprint density at radius 2 is 1.14 bits per heavy atom. The lowest BCUT2D eigenvalue weighted by molar-refractivity contribution is -0.125. The number of aliphatic imine (C=N–C) groups is 2. The van der Waals surface area contributed by atoms with Gasteiger partial charge in [0.1, 0.15) is 0 Å². The van der Waals surface area contributed by atoms with Crippen LogP contribution in [0, 0.1) is 11.8 Å². The Balaban J connectivity index is 2.01. The molecule has 0 spiro atoms. The van der Waals surface area contributed by atoms with Crippen LogP contribution in [0.4, 0.5) is 0 Å². The molecule has 2 aliphatic rings. The summed E-state index contributed by atoms with van der Waals surface area (Å²) >= 11 is 0. The first-order valence-corrected chi connectivity index (χ1v) is 11.0. The van der Waals surface area contributed by atoms with Crippen LogP contribution >= 0.6 is 0 Å². The minimum Gasteiger partial charge on any atom is -0.297 e. The first kappa shape index (κ1) is 22.3. The van der Waals surface area contributed by atoms with E-state index in [0.717, 1.165) is 38.5 Å². The van der Waals surface area contributed by atoms with E-state index >= 15 is 0 Å². The molecule has 0 aliphatic carbocycles. The van der Waals surface area contributed by atoms with Crippen molar-refractivity contribution in [2.45, 2.75) is 79.1 Å². The van der Waals surface area contributed by atoms with Gasteiger partial charge in [0.15, 0.2) is 11.4 Å². The molecular formula is C22H36N4O2. The van der Waals surface area contributed by atoms with Gasteiger partial charge in [0.2, 0.25) is 0 Å². The van der Waals surface area contributed by atoms with Gasteiger partial charge in [0.05, 0.1) is 12.7 Å². The maximum absolute atomic E-state index is 12.8. The van der Waals surface area contributed by atoms with Gasteiger partial charge >= 0.3 is 0 Å². The fourth-order valence-corrected chi connectivity index (χ4v) is 3.72. The molecule has 156 valence electrons. The summed E-state index contributed by atoms with van der Waals surface area (Å²) in [6, 6.07) is 0. The van der Waals surface area contributed by atoms with E-state index in [9.17, 15) is 9.59 Å². The Hall–Kier alpha value is -1.98. The van der Waals surface area contributed by atoms with Crippen molar-refractivity contribution in [2.75, 3.05) is 13.1 Å². The number of amides is 2. The fraction of sp³-hybridized carbons (Fsp3) is 0.727. The molecule has 6 nitrogen and oxygen atoms in total. The number of hydrogen-bond donors (Lipinski definition) is 0. The number of hydrogen-bond acceptors (Lipinski definition) is 4. The molecule has 0 saturated heterocycles. The molecule has 0 bridgehead atoms. The molecule has 0 aromatic heterocycles. The maximum Gasteiger partial charge on any atom is 0.280 e. The maximum atomic E-state index is 12.8. The molecule has 2 rings (SSSR count). The molecule has 28 heavy (non-hydrogen) atoms. The van der Waals surface area contributed by atoms with E-state index in [4.69, 9.17) is 0 Å². The van der Waals surface area contributed by atoms with E-state index < -0.39 is 0 Å². The molecule has 2 atom stereocenters. The van der Waals surface area contributed by atoms with Crippen molar-refractivity contribution < 1.29 is 9.59 Å². The molecular weight excluding hydrogens is 352 g/mol. The summed E-state index contributed by atoms with van der Waals surface area (Å²) in [5.74, 6) is 0.524. The van der Waals surface area contributed by atoms with Crippen LogP contribution < -0.4 is 0 Å². The van der Waals surface area contributed by atoms with Gasteiger partial charge in [-0.3, -0.25) is 19.4 Å². The number of unbranched alkanes of at least 4 members (excludes halogenated alkanes) is 2. The quantitative estimate of drug-likeness (QED) is 0.466. The second-order valence-electron chi connectivity index (χ2n) is 7.93. The molecule has 0 saturated carbocycles. The number of rotatable bonds is 12. The summed E-state index contributed by atoms with van der Waals surface area (Å²) in [5, 5.41) is 0. The average Bonchev–Trinajstić information content (AvgIpc) is 3.24. The summed E-state index contributed by atoms with van der Waals surface area (Å²) in [6.07, 6.45) is 12.1. The monoisotopic (exact) mass is 388 g/mol. The van der Waals surface area contributed by atoms with E-state index in [1.54, 1.807) is 22.5 Å². The SMILES string of the molecule is CCCCC(CC)CN1C=N/C(=C2\N=CN(CC(CC)CCCC)C2=O)C1=O. The minimum atomic E-state index is -0.199. The van der Waals surface area contributed by atoms with Crippen molar-refractivity contribution in [2.24, 2.45) is 21.8 Å². The first-order chi connectivity index (χ1) is 13.5. The lowest BCUT2D eigenvalue weighted by Gasteiger charge is -2.21. The van der Waals surface area contributed by atoms with E-state index in [2.05, 4.69) is 37.7 Å². The van der Waals surface area contributed by atoms with Gasteiger partial charge in [-0.1, -0.05) is 66.2 Å². The van der Waals surface area contributed by atoms with Crippen molar-refractivity contribution in [3.05, 3.63) is 11.4 Å². The summed E-state index contributed by atoms with van der Waals surface area (Å²) in [5.41, 5.74) is 0.381. The molecule has 2 heterocycles. The van der Waals surface area contributed by atoms with Crippen molar-refractivity contribution in [3.63, 3.8) is 0 Å². The topological polar surface area (TPSA) is 65.3 Å². The Morgan fingerprint density at radius 3 is 1.46 bits per heavy atom. The summed E-state index contributed by atoms with van der Waals surface area (Å²) in [4.78, 5) is 37.4. The summed E-state index contributed by atoms with van der Waals surface area (Å²) in [6.45, 7) is 9.99. The Kier molecular flexibility index (Phi) is 8.87. The molecule has 2 amide bonds. The van der Waals surface area contributed by atoms with Crippen LogP contribution in [0.5, 0.6) is 0 Å². The smallest absolute Gasteiger partial charge is 0.280 e. The van der Waals surface area contributed by atoms with Gasteiger partial charge in [-0.2, -0.15) is 0 Å². The molecule has 0 radical (unpaired) electrons. The Bertz CT molecular complexity index is 584. The fourth-order valence-electron chi connectivity index (χ4n) is 3.72. The van der Waals surface area contributed by atoms with Crippen molar-refractivity contribution in [1.29, 1.82) is 0 Å². The zero-order valence-corrected chi connectivity index (χ0v) is 18.0. The second kappa shape index (κ2) is 11.1. The van der Waals surface area contributed by atoms with Gasteiger partial charge in [0, 0.05) is 13.1 Å². The predicted octanol–water partition coefficient (Wildman–Crippen LogP) is 4.37. The number of carbonyl (C=O) groups is 2. The molecule has 0 N–H and O–H groups in total. The lowest BCUT2D eigenvalue weighted by Crippen LogP contribution is -2.33.